The fourth-order valence-corrected chi connectivity index (χ4v) is 7.26. The molecule has 0 radical (unpaired) electrons. The van der Waals surface area contributed by atoms with E-state index in [0.29, 0.717) is 6.10 Å². The first-order chi connectivity index (χ1) is 12.8. The van der Waals surface area contributed by atoms with Crippen LogP contribution in [0, 0.1) is 17.8 Å². The van der Waals surface area contributed by atoms with E-state index >= 15 is 0 Å². The summed E-state index contributed by atoms with van der Waals surface area (Å²) >= 11 is 0. The molecule has 1 unspecified atom stereocenters. The van der Waals surface area contributed by atoms with Gasteiger partial charge in [0.1, 0.15) is 6.10 Å². The van der Waals surface area contributed by atoms with E-state index in [1.807, 2.05) is 0 Å². The summed E-state index contributed by atoms with van der Waals surface area (Å²) in [5, 5.41) is 0. The molecule has 0 N–H and O–H groups in total. The van der Waals surface area contributed by atoms with Gasteiger partial charge >= 0.3 is 0 Å². The number of nitrogens with zero attached hydrogens (tertiary/aromatic N) is 1. The zero-order chi connectivity index (χ0) is 17.5. The molecule has 3 fully saturated rings. The molecule has 1 aromatic rings. The van der Waals surface area contributed by atoms with Crippen LogP contribution in [0.25, 0.3) is 0 Å². The van der Waals surface area contributed by atoms with Gasteiger partial charge in [-0.15, -0.1) is 0 Å². The molecule has 0 amide bonds. The highest BCUT2D eigenvalue weighted by atomic mass is 16.5. The Morgan fingerprint density at radius 2 is 2.12 bits per heavy atom. The quantitative estimate of drug-likeness (QED) is 0.811. The van der Waals surface area contributed by atoms with E-state index in [0.717, 1.165) is 35.3 Å². The van der Waals surface area contributed by atoms with Crippen molar-refractivity contribution in [2.24, 2.45) is 17.8 Å². The number of hydrogen-bond acceptors (Lipinski definition) is 3. The van der Waals surface area contributed by atoms with Gasteiger partial charge in [-0.05, 0) is 74.5 Å². The minimum atomic E-state index is 0.265. The summed E-state index contributed by atoms with van der Waals surface area (Å²) in [4.78, 5) is 2.89. The molecule has 5 aliphatic rings. The molecule has 3 nitrogen and oxygen atoms in total. The van der Waals surface area contributed by atoms with Crippen LogP contribution in [-0.4, -0.2) is 37.2 Å². The summed E-state index contributed by atoms with van der Waals surface area (Å²) in [5.41, 5.74) is 3.38. The second-order valence-electron chi connectivity index (χ2n) is 9.51. The minimum absolute atomic E-state index is 0.265. The van der Waals surface area contributed by atoms with E-state index in [4.69, 9.17) is 9.47 Å². The van der Waals surface area contributed by atoms with Crippen molar-refractivity contribution in [3.05, 3.63) is 23.3 Å². The maximum atomic E-state index is 6.68. The Morgan fingerprint density at radius 3 is 2.88 bits per heavy atom. The highest BCUT2D eigenvalue weighted by molar-refractivity contribution is 5.61. The van der Waals surface area contributed by atoms with E-state index in [-0.39, 0.29) is 5.41 Å². The van der Waals surface area contributed by atoms with Crippen LogP contribution in [0.1, 0.15) is 56.6 Å². The van der Waals surface area contributed by atoms with E-state index < -0.39 is 0 Å². The molecule has 3 aliphatic carbocycles. The largest absolute Gasteiger partial charge is 0.493 e. The number of piperidine rings is 1. The highest BCUT2D eigenvalue weighted by Crippen LogP contribution is 2.65. The number of likely N-dealkylation sites (tertiary alicyclic amines) is 1. The molecule has 1 spiro atoms. The topological polar surface area (TPSA) is 21.7 Å². The lowest BCUT2D eigenvalue weighted by Gasteiger charge is -2.60. The molecule has 2 heterocycles. The third kappa shape index (κ3) is 1.88. The highest BCUT2D eigenvalue weighted by Gasteiger charge is 2.65. The first kappa shape index (κ1) is 15.8. The van der Waals surface area contributed by atoms with Crippen LogP contribution in [0.2, 0.25) is 0 Å². The second-order valence-corrected chi connectivity index (χ2v) is 9.51. The van der Waals surface area contributed by atoms with Crippen molar-refractivity contribution < 1.29 is 9.47 Å². The number of methoxy groups -OCH3 is 1. The third-order valence-electron chi connectivity index (χ3n) is 8.47. The maximum absolute atomic E-state index is 6.68. The molecular weight excluding hydrogens is 322 g/mol. The van der Waals surface area contributed by atoms with Gasteiger partial charge in [0.25, 0.3) is 0 Å². The lowest BCUT2D eigenvalue weighted by Crippen LogP contribution is -2.66. The van der Waals surface area contributed by atoms with Gasteiger partial charge < -0.3 is 9.47 Å². The van der Waals surface area contributed by atoms with Crippen molar-refractivity contribution in [3.8, 4) is 11.5 Å². The van der Waals surface area contributed by atoms with Crippen LogP contribution >= 0.6 is 0 Å². The number of rotatable bonds is 4. The van der Waals surface area contributed by atoms with Crippen LogP contribution in [0.4, 0.5) is 0 Å². The first-order valence-corrected chi connectivity index (χ1v) is 10.9. The molecule has 2 saturated carbocycles. The van der Waals surface area contributed by atoms with Gasteiger partial charge in [-0.2, -0.15) is 0 Å². The lowest BCUT2D eigenvalue weighted by atomic mass is 9.48. The van der Waals surface area contributed by atoms with Gasteiger partial charge in [0.2, 0.25) is 0 Å². The second kappa shape index (κ2) is 5.41. The van der Waals surface area contributed by atoms with Gasteiger partial charge in [0, 0.05) is 23.6 Å². The molecule has 5 atom stereocenters. The zero-order valence-corrected chi connectivity index (χ0v) is 16.2. The van der Waals surface area contributed by atoms with Crippen molar-refractivity contribution in [2.45, 2.75) is 69.4 Å². The normalized spacial score (nSPS) is 40.1. The summed E-state index contributed by atoms with van der Waals surface area (Å²) in [7, 11) is 1.79. The van der Waals surface area contributed by atoms with Crippen LogP contribution < -0.4 is 9.47 Å². The van der Waals surface area contributed by atoms with Crippen molar-refractivity contribution in [1.29, 1.82) is 0 Å². The predicted molar refractivity (Wildman–Crippen MR) is 102 cm³/mol. The Balaban J connectivity index is 1.52. The van der Waals surface area contributed by atoms with Crippen LogP contribution in [-0.2, 0) is 11.8 Å². The Labute approximate surface area is 157 Å². The van der Waals surface area contributed by atoms with Gasteiger partial charge in [0.15, 0.2) is 11.5 Å². The van der Waals surface area contributed by atoms with E-state index in [1.165, 1.54) is 58.0 Å². The smallest absolute Gasteiger partial charge is 0.165 e. The van der Waals surface area contributed by atoms with Crippen molar-refractivity contribution in [3.63, 3.8) is 0 Å². The summed E-state index contributed by atoms with van der Waals surface area (Å²) in [5.74, 6) is 4.67. The van der Waals surface area contributed by atoms with Gasteiger partial charge in [-0.3, -0.25) is 4.90 Å². The summed E-state index contributed by atoms with van der Waals surface area (Å²) in [6.07, 6.45) is 9.69. The van der Waals surface area contributed by atoms with Crippen molar-refractivity contribution >= 4 is 0 Å². The van der Waals surface area contributed by atoms with E-state index in [2.05, 4.69) is 24.0 Å². The first-order valence-electron chi connectivity index (χ1n) is 10.9. The average molecular weight is 354 g/mol. The molecule has 1 saturated heterocycles. The maximum Gasteiger partial charge on any atom is 0.165 e. The van der Waals surface area contributed by atoms with Crippen LogP contribution in [0.3, 0.4) is 0 Å². The zero-order valence-electron chi connectivity index (χ0n) is 16.2. The lowest BCUT2D eigenvalue weighted by molar-refractivity contribution is -0.0823. The molecular formula is C23H31NO2. The Morgan fingerprint density at radius 1 is 1.23 bits per heavy atom. The van der Waals surface area contributed by atoms with E-state index in [1.54, 1.807) is 18.2 Å². The van der Waals surface area contributed by atoms with Crippen molar-refractivity contribution in [2.75, 3.05) is 20.2 Å². The fourth-order valence-electron chi connectivity index (χ4n) is 7.26. The molecule has 6 rings (SSSR count). The monoisotopic (exact) mass is 353 g/mol. The Bertz CT molecular complexity index is 742. The number of ether oxygens (including phenoxy) is 2. The Hall–Kier alpha value is -1.22. The van der Waals surface area contributed by atoms with E-state index in [9.17, 15) is 0 Å². The molecule has 2 bridgehead atoms. The molecule has 140 valence electrons. The van der Waals surface area contributed by atoms with Gasteiger partial charge in [-0.1, -0.05) is 19.4 Å². The molecule has 0 aromatic heterocycles. The predicted octanol–water partition coefficient (Wildman–Crippen LogP) is 4.17. The summed E-state index contributed by atoms with van der Waals surface area (Å²) in [6, 6.07) is 5.23. The van der Waals surface area contributed by atoms with Crippen molar-refractivity contribution in [1.82, 2.24) is 4.90 Å². The molecule has 1 aromatic carbocycles. The SMILES string of the molecule is CC[C@H]1CC[C@@H]2Oc3c(OC)ccc4c3[C@@]23CCN(CC2CC2)[C@H](C4)C13. The van der Waals surface area contributed by atoms with Crippen LogP contribution in [0.15, 0.2) is 12.1 Å². The molecule has 2 aliphatic heterocycles. The van der Waals surface area contributed by atoms with Gasteiger partial charge in [-0.25, -0.2) is 0 Å². The van der Waals surface area contributed by atoms with Gasteiger partial charge in [0.05, 0.1) is 7.11 Å². The molecule has 3 heteroatoms. The number of benzene rings is 1. The summed E-state index contributed by atoms with van der Waals surface area (Å²) in [6.45, 7) is 5.03. The molecule has 26 heavy (non-hydrogen) atoms. The third-order valence-corrected chi connectivity index (χ3v) is 8.47. The number of hydrogen-bond donors (Lipinski definition) is 0. The Kier molecular flexibility index (Phi) is 3.28. The average Bonchev–Trinajstić information content (AvgIpc) is 3.42. The van der Waals surface area contributed by atoms with Crippen LogP contribution in [0.5, 0.6) is 11.5 Å². The summed E-state index contributed by atoms with van der Waals surface area (Å²) < 4.78 is 12.4. The minimum Gasteiger partial charge on any atom is -0.493 e. The fraction of sp³-hybridized carbons (Fsp3) is 0.739. The standard InChI is InChI=1S/C23H31NO2/c1-3-15-7-9-19-23-10-11-24(13-14-4-5-14)17(20(15)23)12-16-6-8-18(25-2)22(26-19)21(16)23/h6,8,14-15,17,19-20H,3-5,7,9-13H2,1-2H3/t15-,17+,19-,20?,23-/m0/s1.